The second kappa shape index (κ2) is 7.05. The van der Waals surface area contributed by atoms with Gasteiger partial charge in [-0.3, -0.25) is 4.79 Å². The van der Waals surface area contributed by atoms with Gasteiger partial charge in [0.15, 0.2) is 11.5 Å². The number of rotatable bonds is 4. The molecule has 0 N–H and O–H groups in total. The maximum Gasteiger partial charge on any atom is 0.262 e. The molecule has 0 saturated carbocycles. The quantitative estimate of drug-likeness (QED) is 0.853. The van der Waals surface area contributed by atoms with Crippen LogP contribution in [0.15, 0.2) is 42.5 Å². The predicted molar refractivity (Wildman–Crippen MR) is 100 cm³/mol. The van der Waals surface area contributed by atoms with Gasteiger partial charge in [0.25, 0.3) is 5.91 Å². The van der Waals surface area contributed by atoms with Crippen LogP contribution in [0.4, 0.5) is 11.4 Å². The molecule has 1 heterocycles. The van der Waals surface area contributed by atoms with Crippen molar-refractivity contribution < 1.29 is 14.3 Å². The Bertz CT molecular complexity index is 773. The number of para-hydroxylation sites is 3. The fourth-order valence-electron chi connectivity index (χ4n) is 3.06. The molecule has 1 aliphatic rings. The average molecular weight is 340 g/mol. The monoisotopic (exact) mass is 340 g/mol. The largest absolute Gasteiger partial charge is 0.493 e. The number of nitrogens with zero attached hydrogens (tertiary/aromatic N) is 2. The lowest BCUT2D eigenvalue weighted by atomic mass is 10.1. The summed E-state index contributed by atoms with van der Waals surface area (Å²) in [6.07, 6.45) is -0.0531. The molecule has 2 aromatic carbocycles. The van der Waals surface area contributed by atoms with Crippen LogP contribution < -0.4 is 19.3 Å². The van der Waals surface area contributed by atoms with E-state index in [9.17, 15) is 4.79 Å². The molecule has 0 aromatic heterocycles. The summed E-state index contributed by atoms with van der Waals surface area (Å²) in [6.45, 7) is 5.29. The molecule has 0 spiro atoms. The lowest BCUT2D eigenvalue weighted by Gasteiger charge is -2.36. The number of hydrogen-bond donors (Lipinski definition) is 0. The Morgan fingerprint density at radius 1 is 1.04 bits per heavy atom. The predicted octanol–water partition coefficient (Wildman–Crippen LogP) is 3.58. The van der Waals surface area contributed by atoms with Crippen molar-refractivity contribution in [2.75, 3.05) is 37.0 Å². The lowest BCUT2D eigenvalue weighted by Crippen LogP contribution is -2.42. The summed E-state index contributed by atoms with van der Waals surface area (Å²) < 4.78 is 11.3. The van der Waals surface area contributed by atoms with Crippen molar-refractivity contribution in [3.8, 4) is 11.5 Å². The number of methoxy groups -OCH3 is 1. The average Bonchev–Trinajstić information content (AvgIpc) is 2.61. The summed E-state index contributed by atoms with van der Waals surface area (Å²) in [4.78, 5) is 17.3. The Balaban J connectivity index is 2.03. The highest BCUT2D eigenvalue weighted by Crippen LogP contribution is 2.37. The summed E-state index contributed by atoms with van der Waals surface area (Å²) in [5.41, 5.74) is 2.49. The van der Waals surface area contributed by atoms with E-state index in [1.54, 1.807) is 13.2 Å². The van der Waals surface area contributed by atoms with Crippen molar-refractivity contribution in [2.24, 2.45) is 0 Å². The third-order valence-corrected chi connectivity index (χ3v) is 4.27. The van der Waals surface area contributed by atoms with Crippen molar-refractivity contribution in [1.29, 1.82) is 0 Å². The molecule has 0 saturated heterocycles. The Kier molecular flexibility index (Phi) is 4.83. The van der Waals surface area contributed by atoms with Crippen LogP contribution in [0.3, 0.4) is 0 Å². The molecule has 0 fully saturated rings. The minimum Gasteiger partial charge on any atom is -0.493 e. The van der Waals surface area contributed by atoms with Gasteiger partial charge < -0.3 is 19.3 Å². The normalized spacial score (nSPS) is 13.6. The summed E-state index contributed by atoms with van der Waals surface area (Å²) in [6, 6.07) is 13.4. The van der Waals surface area contributed by atoms with Crippen molar-refractivity contribution >= 4 is 17.3 Å². The first kappa shape index (κ1) is 17.1. The molecule has 5 heteroatoms. The van der Waals surface area contributed by atoms with Crippen LogP contribution in [-0.2, 0) is 0 Å². The highest BCUT2D eigenvalue weighted by molar-refractivity contribution is 6.10. The van der Waals surface area contributed by atoms with Gasteiger partial charge in [0.1, 0.15) is 0 Å². The van der Waals surface area contributed by atoms with Gasteiger partial charge in [0, 0.05) is 20.1 Å². The number of benzene rings is 2. The van der Waals surface area contributed by atoms with E-state index in [0.29, 0.717) is 23.6 Å². The van der Waals surface area contributed by atoms with Gasteiger partial charge in [-0.25, -0.2) is 0 Å². The number of amides is 1. The number of carbonyl (C=O) groups excluding carboxylic acids is 1. The van der Waals surface area contributed by atoms with E-state index in [0.717, 1.165) is 17.9 Å². The number of anilines is 2. The van der Waals surface area contributed by atoms with E-state index in [1.165, 1.54) is 0 Å². The molecule has 0 bridgehead atoms. The van der Waals surface area contributed by atoms with E-state index in [-0.39, 0.29) is 12.0 Å². The van der Waals surface area contributed by atoms with Crippen molar-refractivity contribution in [1.82, 2.24) is 0 Å². The zero-order valence-electron chi connectivity index (χ0n) is 15.2. The molecule has 132 valence electrons. The number of hydrogen-bond acceptors (Lipinski definition) is 4. The Hall–Kier alpha value is -2.69. The first-order valence-electron chi connectivity index (χ1n) is 8.48. The van der Waals surface area contributed by atoms with Gasteiger partial charge >= 0.3 is 0 Å². The van der Waals surface area contributed by atoms with Crippen LogP contribution in [-0.4, -0.2) is 39.3 Å². The van der Waals surface area contributed by atoms with E-state index in [2.05, 4.69) is 4.90 Å². The van der Waals surface area contributed by atoms with Crippen LogP contribution in [0.1, 0.15) is 24.2 Å². The van der Waals surface area contributed by atoms with E-state index < -0.39 is 0 Å². The number of fused-ring (bicyclic) bond motifs is 1. The maximum atomic E-state index is 13.3. The molecule has 0 atom stereocenters. The Morgan fingerprint density at radius 2 is 1.76 bits per heavy atom. The first-order valence-corrected chi connectivity index (χ1v) is 8.48. The van der Waals surface area contributed by atoms with Crippen LogP contribution in [0, 0.1) is 0 Å². The Morgan fingerprint density at radius 3 is 2.44 bits per heavy atom. The smallest absolute Gasteiger partial charge is 0.262 e. The van der Waals surface area contributed by atoms with E-state index in [1.807, 2.05) is 62.2 Å². The van der Waals surface area contributed by atoms with Gasteiger partial charge in [0.2, 0.25) is 0 Å². The third kappa shape index (κ3) is 3.27. The summed E-state index contributed by atoms with van der Waals surface area (Å²) >= 11 is 0. The molecule has 3 rings (SSSR count). The highest BCUT2D eigenvalue weighted by Gasteiger charge is 2.28. The number of ether oxygens (including phenoxy) is 2. The van der Waals surface area contributed by atoms with Gasteiger partial charge in [-0.2, -0.15) is 0 Å². The SMILES string of the molecule is COc1cccc(C(=O)N2CCN(C)c3ccccc32)c1OC(C)C. The van der Waals surface area contributed by atoms with Crippen LogP contribution in [0.2, 0.25) is 0 Å². The minimum atomic E-state index is -0.0740. The molecule has 1 aliphatic heterocycles. The Labute approximate surface area is 148 Å². The molecule has 5 nitrogen and oxygen atoms in total. The molecule has 25 heavy (non-hydrogen) atoms. The fourth-order valence-corrected chi connectivity index (χ4v) is 3.06. The zero-order chi connectivity index (χ0) is 18.0. The second-order valence-corrected chi connectivity index (χ2v) is 6.37. The minimum absolute atomic E-state index is 0.0531. The standard InChI is InChI=1S/C20H24N2O3/c1-14(2)25-19-15(8-7-11-18(19)24-4)20(23)22-13-12-21(3)16-9-5-6-10-17(16)22/h5-11,14H,12-13H2,1-4H3. The number of likely N-dealkylation sites (N-methyl/N-ethyl adjacent to an activating group) is 1. The van der Waals surface area contributed by atoms with Crippen LogP contribution in [0.5, 0.6) is 11.5 Å². The van der Waals surface area contributed by atoms with Crippen molar-refractivity contribution in [2.45, 2.75) is 20.0 Å². The zero-order valence-corrected chi connectivity index (χ0v) is 15.2. The number of carbonyl (C=O) groups is 1. The summed E-state index contributed by atoms with van der Waals surface area (Å²) in [5.74, 6) is 0.999. The topological polar surface area (TPSA) is 42.0 Å². The summed E-state index contributed by atoms with van der Waals surface area (Å²) in [7, 11) is 3.63. The third-order valence-electron chi connectivity index (χ3n) is 4.27. The van der Waals surface area contributed by atoms with Crippen LogP contribution >= 0.6 is 0 Å². The molecule has 0 radical (unpaired) electrons. The fraction of sp³-hybridized carbons (Fsp3) is 0.350. The van der Waals surface area contributed by atoms with Crippen molar-refractivity contribution in [3.05, 3.63) is 48.0 Å². The second-order valence-electron chi connectivity index (χ2n) is 6.37. The molecule has 0 unspecified atom stereocenters. The van der Waals surface area contributed by atoms with Gasteiger partial charge in [-0.05, 0) is 38.1 Å². The van der Waals surface area contributed by atoms with Gasteiger partial charge in [-0.1, -0.05) is 18.2 Å². The lowest BCUT2D eigenvalue weighted by molar-refractivity contribution is 0.0980. The molecular formula is C20H24N2O3. The van der Waals surface area contributed by atoms with Gasteiger partial charge in [0.05, 0.1) is 30.2 Å². The molecule has 2 aromatic rings. The molecular weight excluding hydrogens is 316 g/mol. The van der Waals surface area contributed by atoms with Gasteiger partial charge in [-0.15, -0.1) is 0 Å². The summed E-state index contributed by atoms with van der Waals surface area (Å²) in [5, 5.41) is 0. The van der Waals surface area contributed by atoms with E-state index >= 15 is 0 Å². The van der Waals surface area contributed by atoms with E-state index in [4.69, 9.17) is 9.47 Å². The highest BCUT2D eigenvalue weighted by atomic mass is 16.5. The molecule has 0 aliphatic carbocycles. The first-order chi connectivity index (χ1) is 12.0. The maximum absolute atomic E-state index is 13.3. The van der Waals surface area contributed by atoms with Crippen LogP contribution in [0.25, 0.3) is 0 Å². The van der Waals surface area contributed by atoms with Crippen molar-refractivity contribution in [3.63, 3.8) is 0 Å². The molecule has 1 amide bonds.